The van der Waals surface area contributed by atoms with E-state index >= 15 is 0 Å². The van der Waals surface area contributed by atoms with Crippen molar-refractivity contribution in [3.05, 3.63) is 57.9 Å². The van der Waals surface area contributed by atoms with E-state index in [0.29, 0.717) is 21.5 Å². The number of halogens is 2. The monoisotopic (exact) mass is 325 g/mol. The van der Waals surface area contributed by atoms with Gasteiger partial charge in [0.15, 0.2) is 0 Å². The smallest absolute Gasteiger partial charge is 0.218 e. The van der Waals surface area contributed by atoms with Crippen molar-refractivity contribution in [3.8, 4) is 5.88 Å². The lowest BCUT2D eigenvalue weighted by atomic mass is 10.00. The lowest BCUT2D eigenvalue weighted by Crippen LogP contribution is -2.30. The third-order valence-corrected chi connectivity index (χ3v) is 3.38. The summed E-state index contributed by atoms with van der Waals surface area (Å²) in [7, 11) is 1.51. The second-order valence-corrected chi connectivity index (χ2v) is 4.70. The topological polar surface area (TPSA) is 60.2 Å². The summed E-state index contributed by atoms with van der Waals surface area (Å²) in [6, 6.07) is 8.04. The number of hydrogen-bond donors (Lipinski definition) is 2. The van der Waals surface area contributed by atoms with Crippen LogP contribution in [0.2, 0.25) is 0 Å². The number of aromatic nitrogens is 1. The van der Waals surface area contributed by atoms with Gasteiger partial charge >= 0.3 is 0 Å². The number of hydrogen-bond acceptors (Lipinski definition) is 4. The van der Waals surface area contributed by atoms with E-state index in [1.807, 2.05) is 0 Å². The maximum atomic E-state index is 14.2. The summed E-state index contributed by atoms with van der Waals surface area (Å²) >= 11 is 3.16. The Morgan fingerprint density at radius 3 is 2.74 bits per heavy atom. The lowest BCUT2D eigenvalue weighted by molar-refractivity contribution is 0.386. The van der Waals surface area contributed by atoms with Crippen LogP contribution in [-0.2, 0) is 0 Å². The molecule has 3 N–H and O–H groups in total. The summed E-state index contributed by atoms with van der Waals surface area (Å²) in [5.74, 6) is 5.61. The third kappa shape index (κ3) is 2.75. The molecule has 0 aliphatic heterocycles. The second kappa shape index (κ2) is 6.10. The van der Waals surface area contributed by atoms with Gasteiger partial charge in [-0.15, -0.1) is 0 Å². The Balaban J connectivity index is 2.53. The summed E-state index contributed by atoms with van der Waals surface area (Å²) < 4.78 is 19.7. The first-order valence-electron chi connectivity index (χ1n) is 5.58. The molecule has 0 aliphatic rings. The van der Waals surface area contributed by atoms with Gasteiger partial charge in [0.05, 0.1) is 17.6 Å². The molecule has 0 saturated heterocycles. The van der Waals surface area contributed by atoms with Gasteiger partial charge in [0.25, 0.3) is 0 Å². The standard InChI is InChI=1S/C13H13BrFN3O/c1-19-13-9(5-3-7-17-13)12(18-16)8-4-2-6-10(14)11(8)15/h2-7,12,18H,16H2,1H3. The molecule has 0 bridgehead atoms. The number of nitrogens with zero attached hydrogens (tertiary/aromatic N) is 1. The molecule has 1 aromatic carbocycles. The van der Waals surface area contributed by atoms with Crippen LogP contribution in [0.25, 0.3) is 0 Å². The minimum absolute atomic E-state index is 0.364. The van der Waals surface area contributed by atoms with Crippen LogP contribution < -0.4 is 16.0 Å². The molecule has 6 heteroatoms. The molecule has 19 heavy (non-hydrogen) atoms. The fraction of sp³-hybridized carbons (Fsp3) is 0.154. The zero-order chi connectivity index (χ0) is 13.8. The third-order valence-electron chi connectivity index (χ3n) is 2.76. The van der Waals surface area contributed by atoms with E-state index in [-0.39, 0.29) is 5.82 Å². The number of pyridine rings is 1. The van der Waals surface area contributed by atoms with E-state index in [0.717, 1.165) is 0 Å². The molecule has 1 atom stereocenters. The minimum atomic E-state index is -0.541. The van der Waals surface area contributed by atoms with Crippen molar-refractivity contribution in [3.63, 3.8) is 0 Å². The number of benzene rings is 1. The number of hydrazine groups is 1. The average Bonchev–Trinajstić information content (AvgIpc) is 2.45. The van der Waals surface area contributed by atoms with Gasteiger partial charge in [0.1, 0.15) is 5.82 Å². The van der Waals surface area contributed by atoms with Gasteiger partial charge in [-0.05, 0) is 28.1 Å². The predicted molar refractivity (Wildman–Crippen MR) is 74.1 cm³/mol. The van der Waals surface area contributed by atoms with Crippen LogP contribution in [0.3, 0.4) is 0 Å². The van der Waals surface area contributed by atoms with Crippen molar-refractivity contribution < 1.29 is 9.13 Å². The Kier molecular flexibility index (Phi) is 4.47. The average molecular weight is 326 g/mol. The molecule has 0 spiro atoms. The fourth-order valence-corrected chi connectivity index (χ4v) is 2.27. The summed E-state index contributed by atoms with van der Waals surface area (Å²) in [5, 5.41) is 0. The summed E-state index contributed by atoms with van der Waals surface area (Å²) in [5.41, 5.74) is 3.69. The van der Waals surface area contributed by atoms with Gasteiger partial charge in [0, 0.05) is 17.3 Å². The molecule has 100 valence electrons. The van der Waals surface area contributed by atoms with E-state index in [9.17, 15) is 4.39 Å². The Hall–Kier alpha value is -1.50. The highest BCUT2D eigenvalue weighted by atomic mass is 79.9. The van der Waals surface area contributed by atoms with Gasteiger partial charge in [-0.2, -0.15) is 0 Å². The predicted octanol–water partition coefficient (Wildman–Crippen LogP) is 2.54. The maximum Gasteiger partial charge on any atom is 0.218 e. The Morgan fingerprint density at radius 2 is 2.05 bits per heavy atom. The van der Waals surface area contributed by atoms with Crippen molar-refractivity contribution >= 4 is 15.9 Å². The van der Waals surface area contributed by atoms with Crippen molar-refractivity contribution in [1.82, 2.24) is 10.4 Å². The van der Waals surface area contributed by atoms with E-state index < -0.39 is 6.04 Å². The Labute approximate surface area is 118 Å². The molecule has 4 nitrogen and oxygen atoms in total. The van der Waals surface area contributed by atoms with Gasteiger partial charge < -0.3 is 4.74 Å². The molecule has 1 heterocycles. The molecule has 0 radical (unpaired) electrons. The largest absolute Gasteiger partial charge is 0.481 e. The van der Waals surface area contributed by atoms with Gasteiger partial charge in [0.2, 0.25) is 5.88 Å². The van der Waals surface area contributed by atoms with Crippen LogP contribution in [0.4, 0.5) is 4.39 Å². The van der Waals surface area contributed by atoms with Crippen LogP contribution in [0.15, 0.2) is 41.0 Å². The highest BCUT2D eigenvalue weighted by Crippen LogP contribution is 2.31. The molecule has 1 aromatic heterocycles. The molecule has 2 rings (SSSR count). The maximum absolute atomic E-state index is 14.2. The van der Waals surface area contributed by atoms with Gasteiger partial charge in [-0.3, -0.25) is 5.84 Å². The number of nitrogens with two attached hydrogens (primary N) is 1. The van der Waals surface area contributed by atoms with Crippen molar-refractivity contribution in [1.29, 1.82) is 0 Å². The van der Waals surface area contributed by atoms with E-state index in [1.54, 1.807) is 36.5 Å². The molecular weight excluding hydrogens is 313 g/mol. The highest BCUT2D eigenvalue weighted by Gasteiger charge is 2.21. The summed E-state index contributed by atoms with van der Waals surface area (Å²) in [4.78, 5) is 4.09. The number of rotatable bonds is 4. The molecule has 0 aliphatic carbocycles. The fourth-order valence-electron chi connectivity index (χ4n) is 1.88. The van der Waals surface area contributed by atoms with E-state index in [4.69, 9.17) is 10.6 Å². The Bertz CT molecular complexity index is 580. The zero-order valence-corrected chi connectivity index (χ0v) is 11.8. The zero-order valence-electron chi connectivity index (χ0n) is 10.2. The van der Waals surface area contributed by atoms with Crippen LogP contribution in [0.1, 0.15) is 17.2 Å². The van der Waals surface area contributed by atoms with Crippen LogP contribution >= 0.6 is 15.9 Å². The second-order valence-electron chi connectivity index (χ2n) is 3.84. The van der Waals surface area contributed by atoms with E-state index in [1.165, 1.54) is 7.11 Å². The molecule has 2 aromatic rings. The normalized spacial score (nSPS) is 12.2. The van der Waals surface area contributed by atoms with Gasteiger partial charge in [-0.1, -0.05) is 18.2 Å². The molecule has 0 fully saturated rings. The number of ether oxygens (including phenoxy) is 1. The summed E-state index contributed by atoms with van der Waals surface area (Å²) in [6.45, 7) is 0. The lowest BCUT2D eigenvalue weighted by Gasteiger charge is -2.19. The minimum Gasteiger partial charge on any atom is -0.481 e. The van der Waals surface area contributed by atoms with Crippen LogP contribution in [-0.4, -0.2) is 12.1 Å². The van der Waals surface area contributed by atoms with Crippen LogP contribution in [0, 0.1) is 5.82 Å². The molecule has 0 amide bonds. The molecular formula is C13H13BrFN3O. The SMILES string of the molecule is COc1ncccc1C(NN)c1cccc(Br)c1F. The van der Waals surface area contributed by atoms with E-state index in [2.05, 4.69) is 26.3 Å². The van der Waals surface area contributed by atoms with Crippen molar-refractivity contribution in [2.24, 2.45) is 5.84 Å². The first-order chi connectivity index (χ1) is 9.19. The number of nitrogens with one attached hydrogen (secondary N) is 1. The first-order valence-corrected chi connectivity index (χ1v) is 6.37. The van der Waals surface area contributed by atoms with Crippen LogP contribution in [0.5, 0.6) is 5.88 Å². The van der Waals surface area contributed by atoms with Crippen molar-refractivity contribution in [2.45, 2.75) is 6.04 Å². The molecule has 1 unspecified atom stereocenters. The summed E-state index contributed by atoms with van der Waals surface area (Å²) in [6.07, 6.45) is 1.60. The molecule has 0 saturated carbocycles. The highest BCUT2D eigenvalue weighted by molar-refractivity contribution is 9.10. The Morgan fingerprint density at radius 1 is 1.32 bits per heavy atom. The van der Waals surface area contributed by atoms with Crippen molar-refractivity contribution in [2.75, 3.05) is 7.11 Å². The quantitative estimate of drug-likeness (QED) is 0.670. The van der Waals surface area contributed by atoms with Gasteiger partial charge in [-0.25, -0.2) is 14.8 Å². The number of methoxy groups -OCH3 is 1. The first kappa shape index (κ1) is 13.9.